The van der Waals surface area contributed by atoms with Crippen molar-refractivity contribution in [3.05, 3.63) is 89.6 Å². The standard InChI is InChI=1S/C29H32N2O5S/c1-8-36-28(33)25-18(5)30-29-31(26(25)20-11-9-10-12-22(20)34-6)27(32)24(37-29)15-19-14-21(16(2)3)23(35-7)13-17(19)4/h9-16,26H,8H2,1-7H3/b24-15+/t26-/m1/s1. The molecule has 3 aromatic rings. The van der Waals surface area contributed by atoms with E-state index in [0.29, 0.717) is 31.9 Å². The van der Waals surface area contributed by atoms with Crippen molar-refractivity contribution in [3.63, 3.8) is 0 Å². The van der Waals surface area contributed by atoms with Crippen molar-refractivity contribution >= 4 is 23.4 Å². The smallest absolute Gasteiger partial charge is 0.338 e. The Morgan fingerprint density at radius 3 is 2.49 bits per heavy atom. The first-order chi connectivity index (χ1) is 17.7. The van der Waals surface area contributed by atoms with Crippen LogP contribution in [0, 0.1) is 6.92 Å². The van der Waals surface area contributed by atoms with Gasteiger partial charge in [0.15, 0.2) is 4.80 Å². The van der Waals surface area contributed by atoms with E-state index in [2.05, 4.69) is 24.9 Å². The van der Waals surface area contributed by atoms with Gasteiger partial charge in [-0.1, -0.05) is 43.4 Å². The molecule has 1 aromatic heterocycles. The van der Waals surface area contributed by atoms with Crippen LogP contribution in [-0.4, -0.2) is 31.4 Å². The fraction of sp³-hybridized carbons (Fsp3) is 0.345. The van der Waals surface area contributed by atoms with E-state index in [1.54, 1.807) is 32.6 Å². The van der Waals surface area contributed by atoms with Gasteiger partial charge in [0.25, 0.3) is 5.56 Å². The predicted molar refractivity (Wildman–Crippen MR) is 145 cm³/mol. The predicted octanol–water partition coefficient (Wildman–Crippen LogP) is 4.25. The molecular formula is C29H32N2O5S. The second-order valence-corrected chi connectivity index (χ2v) is 10.2. The number of carbonyl (C=O) groups is 1. The Hall–Kier alpha value is -3.65. The highest BCUT2D eigenvalue weighted by Crippen LogP contribution is 2.35. The number of aryl methyl sites for hydroxylation is 1. The lowest BCUT2D eigenvalue weighted by Crippen LogP contribution is -2.40. The molecule has 7 nitrogen and oxygen atoms in total. The first-order valence-corrected chi connectivity index (χ1v) is 13.0. The Kier molecular flexibility index (Phi) is 7.68. The number of carbonyl (C=O) groups excluding carboxylic acids is 1. The second-order valence-electron chi connectivity index (χ2n) is 9.15. The first-order valence-electron chi connectivity index (χ1n) is 12.2. The van der Waals surface area contributed by atoms with Crippen LogP contribution in [0.4, 0.5) is 0 Å². The minimum absolute atomic E-state index is 0.216. The molecule has 0 unspecified atom stereocenters. The number of para-hydroxylation sites is 1. The van der Waals surface area contributed by atoms with Crippen LogP contribution in [0.2, 0.25) is 0 Å². The summed E-state index contributed by atoms with van der Waals surface area (Å²) in [6, 6.07) is 10.7. The van der Waals surface area contributed by atoms with Gasteiger partial charge in [-0.25, -0.2) is 9.79 Å². The number of nitrogens with zero attached hydrogens (tertiary/aromatic N) is 2. The highest BCUT2D eigenvalue weighted by Gasteiger charge is 2.35. The van der Waals surface area contributed by atoms with Crippen LogP contribution in [0.3, 0.4) is 0 Å². The van der Waals surface area contributed by atoms with Crippen LogP contribution in [-0.2, 0) is 9.53 Å². The summed E-state index contributed by atoms with van der Waals surface area (Å²) < 4.78 is 18.7. The zero-order chi connectivity index (χ0) is 26.9. The Morgan fingerprint density at radius 2 is 1.84 bits per heavy atom. The third-order valence-electron chi connectivity index (χ3n) is 6.48. The average molecular weight is 521 g/mol. The zero-order valence-corrected chi connectivity index (χ0v) is 23.1. The van der Waals surface area contributed by atoms with Gasteiger partial charge in [0, 0.05) is 5.56 Å². The fourth-order valence-corrected chi connectivity index (χ4v) is 5.66. The summed E-state index contributed by atoms with van der Waals surface area (Å²) >= 11 is 1.30. The van der Waals surface area contributed by atoms with Gasteiger partial charge in [-0.15, -0.1) is 0 Å². The topological polar surface area (TPSA) is 79.1 Å². The number of fused-ring (bicyclic) bond motifs is 1. The van der Waals surface area contributed by atoms with Crippen molar-refractivity contribution in [2.75, 3.05) is 20.8 Å². The molecule has 0 bridgehead atoms. The van der Waals surface area contributed by atoms with Gasteiger partial charge in [-0.05, 0) is 67.7 Å². The van der Waals surface area contributed by atoms with E-state index >= 15 is 0 Å². The number of thiazole rings is 1. The van der Waals surface area contributed by atoms with Crippen LogP contribution in [0.1, 0.15) is 61.9 Å². The van der Waals surface area contributed by atoms with Gasteiger partial charge >= 0.3 is 5.97 Å². The Labute approximate surface area is 220 Å². The molecule has 1 aliphatic heterocycles. The maximum absolute atomic E-state index is 13.9. The van der Waals surface area contributed by atoms with Crippen molar-refractivity contribution in [3.8, 4) is 11.5 Å². The minimum atomic E-state index is -0.725. The van der Waals surface area contributed by atoms with E-state index in [1.807, 2.05) is 43.3 Å². The van der Waals surface area contributed by atoms with Crippen LogP contribution < -0.4 is 24.4 Å². The molecule has 2 heterocycles. The van der Waals surface area contributed by atoms with Crippen LogP contribution in [0.15, 0.2) is 57.5 Å². The normalized spacial score (nSPS) is 15.5. The summed E-state index contributed by atoms with van der Waals surface area (Å²) in [4.78, 5) is 32.2. The van der Waals surface area contributed by atoms with E-state index in [9.17, 15) is 9.59 Å². The van der Waals surface area contributed by atoms with Gasteiger partial charge in [0.2, 0.25) is 0 Å². The minimum Gasteiger partial charge on any atom is -0.496 e. The molecule has 0 aliphatic carbocycles. The third kappa shape index (κ3) is 4.85. The van der Waals surface area contributed by atoms with Gasteiger partial charge in [0.05, 0.1) is 36.6 Å². The number of benzene rings is 2. The molecule has 0 saturated carbocycles. The summed E-state index contributed by atoms with van der Waals surface area (Å²) in [5, 5.41) is 0. The Morgan fingerprint density at radius 1 is 1.14 bits per heavy atom. The monoisotopic (exact) mass is 520 g/mol. The third-order valence-corrected chi connectivity index (χ3v) is 7.46. The number of esters is 1. The lowest BCUT2D eigenvalue weighted by Gasteiger charge is -2.25. The molecule has 194 valence electrons. The highest BCUT2D eigenvalue weighted by atomic mass is 32.1. The van der Waals surface area contributed by atoms with Gasteiger partial charge in [-0.3, -0.25) is 9.36 Å². The molecule has 0 spiro atoms. The summed E-state index contributed by atoms with van der Waals surface area (Å²) in [6.07, 6.45) is 1.90. The summed E-state index contributed by atoms with van der Waals surface area (Å²) in [6.45, 7) is 9.96. The molecule has 0 radical (unpaired) electrons. The lowest BCUT2D eigenvalue weighted by molar-refractivity contribution is -0.139. The number of ether oxygens (including phenoxy) is 3. The highest BCUT2D eigenvalue weighted by molar-refractivity contribution is 7.07. The number of hydrogen-bond donors (Lipinski definition) is 0. The molecule has 37 heavy (non-hydrogen) atoms. The molecule has 0 saturated heterocycles. The lowest BCUT2D eigenvalue weighted by atomic mass is 9.95. The number of methoxy groups -OCH3 is 2. The van der Waals surface area contributed by atoms with E-state index in [4.69, 9.17) is 14.2 Å². The Bertz CT molecular complexity index is 1560. The van der Waals surface area contributed by atoms with E-state index in [0.717, 1.165) is 22.4 Å². The number of aromatic nitrogens is 1. The van der Waals surface area contributed by atoms with Crippen LogP contribution in [0.5, 0.6) is 11.5 Å². The maximum atomic E-state index is 13.9. The summed E-state index contributed by atoms with van der Waals surface area (Å²) in [5.41, 5.74) is 4.31. The number of rotatable bonds is 7. The average Bonchev–Trinajstić information content (AvgIpc) is 3.18. The summed E-state index contributed by atoms with van der Waals surface area (Å²) in [7, 11) is 3.24. The largest absolute Gasteiger partial charge is 0.496 e. The molecule has 8 heteroatoms. The Balaban J connectivity index is 1.99. The number of allylic oxidation sites excluding steroid dienone is 1. The van der Waals surface area contributed by atoms with Crippen molar-refractivity contribution in [1.82, 2.24) is 4.57 Å². The van der Waals surface area contributed by atoms with Crippen LogP contribution in [0.25, 0.3) is 6.08 Å². The van der Waals surface area contributed by atoms with Crippen LogP contribution >= 0.6 is 11.3 Å². The van der Waals surface area contributed by atoms with Gasteiger partial charge in [0.1, 0.15) is 17.5 Å². The summed E-state index contributed by atoms with van der Waals surface area (Å²) in [5.74, 6) is 1.16. The molecule has 2 aromatic carbocycles. The molecule has 1 aliphatic rings. The molecular weight excluding hydrogens is 488 g/mol. The van der Waals surface area contributed by atoms with Gasteiger partial charge in [-0.2, -0.15) is 0 Å². The number of hydrogen-bond acceptors (Lipinski definition) is 7. The molecule has 0 N–H and O–H groups in total. The fourth-order valence-electron chi connectivity index (χ4n) is 4.62. The quantitative estimate of drug-likeness (QED) is 0.435. The first kappa shape index (κ1) is 26.4. The second kappa shape index (κ2) is 10.8. The molecule has 0 amide bonds. The van der Waals surface area contributed by atoms with E-state index in [1.165, 1.54) is 11.3 Å². The van der Waals surface area contributed by atoms with Crippen molar-refractivity contribution < 1.29 is 19.0 Å². The van der Waals surface area contributed by atoms with E-state index in [-0.39, 0.29) is 18.1 Å². The molecule has 0 fully saturated rings. The van der Waals surface area contributed by atoms with Gasteiger partial charge < -0.3 is 14.2 Å². The van der Waals surface area contributed by atoms with Crippen molar-refractivity contribution in [1.29, 1.82) is 0 Å². The van der Waals surface area contributed by atoms with Crippen molar-refractivity contribution in [2.24, 2.45) is 4.99 Å². The maximum Gasteiger partial charge on any atom is 0.338 e. The molecule has 4 rings (SSSR count). The van der Waals surface area contributed by atoms with Crippen molar-refractivity contribution in [2.45, 2.75) is 46.6 Å². The SMILES string of the molecule is CCOC(=O)C1=C(C)N=c2s/c(=C/c3cc(C(C)C)c(OC)cc3C)c(=O)n2[C@@H]1c1ccccc1OC. The van der Waals surface area contributed by atoms with E-state index < -0.39 is 12.0 Å². The molecule has 1 atom stereocenters. The zero-order valence-electron chi connectivity index (χ0n) is 22.2.